The summed E-state index contributed by atoms with van der Waals surface area (Å²) in [6.07, 6.45) is 0.208. The van der Waals surface area contributed by atoms with Crippen LogP contribution in [0.25, 0.3) is 0 Å². The van der Waals surface area contributed by atoms with E-state index in [4.69, 9.17) is 20.6 Å². The maximum atomic E-state index is 12.8. The molecular weight excluding hydrogens is 242 g/mol. The molecule has 2 rings (SSSR count). The molecule has 0 bridgehead atoms. The topological polar surface area (TPSA) is 35.5 Å². The Hall–Kier alpha value is -0.410. The van der Waals surface area contributed by atoms with E-state index in [1.54, 1.807) is 6.07 Å². The molecule has 1 aromatic rings. The third-order valence-electron chi connectivity index (χ3n) is 2.15. The smallest absolute Gasteiger partial charge is 0.311 e. The van der Waals surface area contributed by atoms with Crippen molar-refractivity contribution in [2.24, 2.45) is 0 Å². The third kappa shape index (κ3) is 2.58. The Bertz CT molecular complexity index is 399. The zero-order valence-electron chi connectivity index (χ0n) is 7.70. The maximum absolute atomic E-state index is 12.8. The van der Waals surface area contributed by atoms with Crippen LogP contribution in [-0.2, 0) is 13.6 Å². The fourth-order valence-electron chi connectivity index (χ4n) is 1.44. The highest BCUT2D eigenvalue weighted by Gasteiger charge is 2.23. The average Bonchev–Trinajstić information content (AvgIpc) is 2.17. The first kappa shape index (κ1) is 11.1. The van der Waals surface area contributed by atoms with Gasteiger partial charge in [0.05, 0.1) is 12.7 Å². The molecule has 1 fully saturated rings. The monoisotopic (exact) mass is 250 g/mol. The van der Waals surface area contributed by atoms with Gasteiger partial charge in [-0.1, -0.05) is 17.7 Å². The maximum Gasteiger partial charge on any atom is 0.319 e. The van der Waals surface area contributed by atoms with Crippen molar-refractivity contribution in [1.29, 1.82) is 0 Å². The molecule has 15 heavy (non-hydrogen) atoms. The van der Waals surface area contributed by atoms with E-state index in [1.807, 2.05) is 0 Å². The van der Waals surface area contributed by atoms with E-state index in [9.17, 15) is 8.96 Å². The summed E-state index contributed by atoms with van der Waals surface area (Å²) < 4.78 is 33.7. The van der Waals surface area contributed by atoms with Crippen LogP contribution in [0, 0.1) is 5.82 Å². The zero-order valence-corrected chi connectivity index (χ0v) is 9.46. The van der Waals surface area contributed by atoms with E-state index in [2.05, 4.69) is 0 Å². The predicted molar refractivity (Wildman–Crippen MR) is 54.8 cm³/mol. The molecule has 0 radical (unpaired) electrons. The normalized spacial score (nSPS) is 26.5. The van der Waals surface area contributed by atoms with Crippen LogP contribution in [-0.4, -0.2) is 6.61 Å². The van der Waals surface area contributed by atoms with Gasteiger partial charge in [0.1, 0.15) is 5.82 Å². The summed E-state index contributed by atoms with van der Waals surface area (Å²) in [5, 5.41) is 0.289. The standard InChI is InChI=1S/C9H9ClFO3P/c10-8-5-6(11)1-2-7(8)9-3-4-13-15(12)14-9/h1-2,5,9,15H,3-4H2/t9-/m0/s1. The molecule has 0 saturated carbocycles. The van der Waals surface area contributed by atoms with E-state index >= 15 is 0 Å². The molecule has 1 aliphatic heterocycles. The highest BCUT2D eigenvalue weighted by atomic mass is 35.5. The second-order valence-corrected chi connectivity index (χ2v) is 4.59. The van der Waals surface area contributed by atoms with E-state index in [0.29, 0.717) is 18.6 Å². The molecule has 1 heterocycles. The Balaban J connectivity index is 2.24. The number of rotatable bonds is 1. The lowest BCUT2D eigenvalue weighted by Crippen LogP contribution is -2.09. The fourth-order valence-corrected chi connectivity index (χ4v) is 2.56. The van der Waals surface area contributed by atoms with Crippen molar-refractivity contribution in [3.05, 3.63) is 34.6 Å². The van der Waals surface area contributed by atoms with Gasteiger partial charge in [0, 0.05) is 17.0 Å². The SMILES string of the molecule is O=[PH]1OCC[C@@H](c2ccc(F)cc2Cl)O1. The second-order valence-electron chi connectivity index (χ2n) is 3.16. The number of hydrogen-bond donors (Lipinski definition) is 0. The molecule has 1 saturated heterocycles. The van der Waals surface area contributed by atoms with Gasteiger partial charge in [0.2, 0.25) is 0 Å². The molecule has 82 valence electrons. The van der Waals surface area contributed by atoms with Gasteiger partial charge in [-0.05, 0) is 12.1 Å². The van der Waals surface area contributed by atoms with Crippen molar-refractivity contribution in [2.45, 2.75) is 12.5 Å². The Kier molecular flexibility index (Phi) is 3.42. The summed E-state index contributed by atoms with van der Waals surface area (Å²) in [5.74, 6) is -0.400. The lowest BCUT2D eigenvalue weighted by atomic mass is 10.1. The Morgan fingerprint density at radius 1 is 1.53 bits per heavy atom. The van der Waals surface area contributed by atoms with Crippen molar-refractivity contribution < 1.29 is 18.0 Å². The van der Waals surface area contributed by atoms with Crippen LogP contribution in [0.3, 0.4) is 0 Å². The quantitative estimate of drug-likeness (QED) is 0.717. The summed E-state index contributed by atoms with van der Waals surface area (Å²) in [7, 11) is -2.42. The number of halogens is 2. The molecule has 1 aromatic carbocycles. The van der Waals surface area contributed by atoms with Gasteiger partial charge in [-0.25, -0.2) is 4.39 Å². The molecule has 1 unspecified atom stereocenters. The van der Waals surface area contributed by atoms with E-state index in [1.165, 1.54) is 12.1 Å². The first-order valence-corrected chi connectivity index (χ1v) is 6.05. The first-order chi connectivity index (χ1) is 7.16. The zero-order chi connectivity index (χ0) is 10.8. The summed E-state index contributed by atoms with van der Waals surface area (Å²) >= 11 is 5.86. The molecule has 6 heteroatoms. The van der Waals surface area contributed by atoms with E-state index in [0.717, 1.165) is 0 Å². The third-order valence-corrected chi connectivity index (χ3v) is 3.39. The Morgan fingerprint density at radius 2 is 2.33 bits per heavy atom. The van der Waals surface area contributed by atoms with Gasteiger partial charge in [-0.2, -0.15) is 0 Å². The van der Waals surface area contributed by atoms with Crippen molar-refractivity contribution in [1.82, 2.24) is 0 Å². The Labute approximate surface area is 92.1 Å². The van der Waals surface area contributed by atoms with Crippen LogP contribution in [0.5, 0.6) is 0 Å². The van der Waals surface area contributed by atoms with Crippen molar-refractivity contribution in [3.63, 3.8) is 0 Å². The minimum atomic E-state index is -2.42. The molecule has 1 aliphatic rings. The summed E-state index contributed by atoms with van der Waals surface area (Å²) in [6.45, 7) is 0.371. The van der Waals surface area contributed by atoms with Gasteiger partial charge < -0.3 is 9.05 Å². The Morgan fingerprint density at radius 3 is 3.00 bits per heavy atom. The van der Waals surface area contributed by atoms with Crippen LogP contribution < -0.4 is 0 Å². The van der Waals surface area contributed by atoms with Crippen LogP contribution in [0.15, 0.2) is 18.2 Å². The first-order valence-electron chi connectivity index (χ1n) is 4.45. The minimum Gasteiger partial charge on any atom is -0.311 e. The summed E-state index contributed by atoms with van der Waals surface area (Å²) in [6, 6.07) is 4.06. The van der Waals surface area contributed by atoms with Crippen molar-refractivity contribution in [2.75, 3.05) is 6.61 Å². The lowest BCUT2D eigenvalue weighted by molar-refractivity contribution is 0.0969. The molecule has 2 atom stereocenters. The van der Waals surface area contributed by atoms with E-state index in [-0.39, 0.29) is 11.1 Å². The highest BCUT2D eigenvalue weighted by molar-refractivity contribution is 7.33. The molecule has 0 amide bonds. The lowest BCUT2D eigenvalue weighted by Gasteiger charge is -2.23. The molecule has 3 nitrogen and oxygen atoms in total. The highest BCUT2D eigenvalue weighted by Crippen LogP contribution is 2.41. The van der Waals surface area contributed by atoms with Gasteiger partial charge in [-0.3, -0.25) is 4.57 Å². The van der Waals surface area contributed by atoms with Gasteiger partial charge in [0.25, 0.3) is 0 Å². The van der Waals surface area contributed by atoms with Crippen LogP contribution in [0.4, 0.5) is 4.39 Å². The molecule has 0 aliphatic carbocycles. The minimum absolute atomic E-state index is 0.289. The van der Waals surface area contributed by atoms with Gasteiger partial charge in [0.15, 0.2) is 0 Å². The summed E-state index contributed by atoms with van der Waals surface area (Å²) in [4.78, 5) is 0. The molecule has 0 aromatic heterocycles. The van der Waals surface area contributed by atoms with Gasteiger partial charge >= 0.3 is 8.25 Å². The van der Waals surface area contributed by atoms with E-state index < -0.39 is 14.1 Å². The molecular formula is C9H9ClFO3P. The predicted octanol–water partition coefficient (Wildman–Crippen LogP) is 3.35. The van der Waals surface area contributed by atoms with Crippen LogP contribution in [0.1, 0.15) is 18.1 Å². The van der Waals surface area contributed by atoms with Crippen LogP contribution in [0.2, 0.25) is 5.02 Å². The molecule has 0 spiro atoms. The second kappa shape index (κ2) is 4.62. The van der Waals surface area contributed by atoms with Crippen molar-refractivity contribution in [3.8, 4) is 0 Å². The number of benzene rings is 1. The molecule has 0 N–H and O–H groups in total. The fraction of sp³-hybridized carbons (Fsp3) is 0.333. The largest absolute Gasteiger partial charge is 0.319 e. The average molecular weight is 251 g/mol. The van der Waals surface area contributed by atoms with Gasteiger partial charge in [-0.15, -0.1) is 0 Å². The van der Waals surface area contributed by atoms with Crippen molar-refractivity contribution >= 4 is 19.9 Å². The number of hydrogen-bond acceptors (Lipinski definition) is 3. The summed E-state index contributed by atoms with van der Waals surface area (Å²) in [5.41, 5.74) is 0.653. The van der Waals surface area contributed by atoms with Crippen LogP contribution >= 0.6 is 19.9 Å².